The van der Waals surface area contributed by atoms with Crippen LogP contribution >= 0.6 is 0 Å². The molecule has 0 radical (unpaired) electrons. The van der Waals surface area contributed by atoms with E-state index in [0.29, 0.717) is 24.5 Å². The molecule has 7 heteroatoms. The van der Waals surface area contributed by atoms with Crippen LogP contribution in [0, 0.1) is 11.3 Å². The highest BCUT2D eigenvalue weighted by atomic mass is 16.5. The fourth-order valence-electron chi connectivity index (χ4n) is 2.39. The Labute approximate surface area is 134 Å². The summed E-state index contributed by atoms with van der Waals surface area (Å²) in [5.41, 5.74) is 0.454. The quantitative estimate of drug-likeness (QED) is 0.870. The minimum Gasteiger partial charge on any atom is -0.481 e. The summed E-state index contributed by atoms with van der Waals surface area (Å²) in [6.07, 6.45) is -1.37. The van der Waals surface area contributed by atoms with Crippen molar-refractivity contribution in [3.63, 3.8) is 0 Å². The maximum absolute atomic E-state index is 12.4. The number of carboxylic acid groups (broad SMARTS) is 1. The smallest absolute Gasteiger partial charge is 0.306 e. The number of ether oxygens (including phenoxy) is 2. The molecule has 1 amide bonds. The molecule has 1 aliphatic heterocycles. The van der Waals surface area contributed by atoms with Gasteiger partial charge < -0.3 is 19.5 Å². The predicted octanol–water partition coefficient (Wildman–Crippen LogP) is 1.03. The van der Waals surface area contributed by atoms with E-state index in [4.69, 9.17) is 19.8 Å². The molecule has 1 heterocycles. The molecule has 0 spiro atoms. The van der Waals surface area contributed by atoms with Crippen LogP contribution in [0.1, 0.15) is 18.9 Å². The van der Waals surface area contributed by atoms with E-state index in [1.165, 1.54) is 0 Å². The molecule has 1 aliphatic rings. The number of carboxylic acids is 1. The van der Waals surface area contributed by atoms with Gasteiger partial charge in [0.25, 0.3) is 5.91 Å². The maximum Gasteiger partial charge on any atom is 0.306 e. The molecule has 1 aromatic rings. The molecule has 23 heavy (non-hydrogen) atoms. The zero-order valence-electron chi connectivity index (χ0n) is 12.8. The number of rotatable bonds is 5. The number of hydrogen-bond acceptors (Lipinski definition) is 5. The van der Waals surface area contributed by atoms with Crippen molar-refractivity contribution in [3.8, 4) is 11.8 Å². The maximum atomic E-state index is 12.4. The first-order chi connectivity index (χ1) is 11.0. The van der Waals surface area contributed by atoms with Crippen molar-refractivity contribution in [1.29, 1.82) is 5.26 Å². The van der Waals surface area contributed by atoms with Crippen LogP contribution in [0.4, 0.5) is 0 Å². The van der Waals surface area contributed by atoms with Crippen LogP contribution in [0.3, 0.4) is 0 Å². The van der Waals surface area contributed by atoms with Gasteiger partial charge in [-0.2, -0.15) is 5.26 Å². The fourth-order valence-corrected chi connectivity index (χ4v) is 2.39. The summed E-state index contributed by atoms with van der Waals surface area (Å²) in [6, 6.07) is 8.59. The van der Waals surface area contributed by atoms with E-state index in [1.807, 2.05) is 6.07 Å². The first-order valence-electron chi connectivity index (χ1n) is 7.28. The third-order valence-corrected chi connectivity index (χ3v) is 3.48. The van der Waals surface area contributed by atoms with Crippen LogP contribution in [0.2, 0.25) is 0 Å². The van der Waals surface area contributed by atoms with Crippen molar-refractivity contribution < 1.29 is 24.2 Å². The van der Waals surface area contributed by atoms with Gasteiger partial charge in [-0.3, -0.25) is 9.59 Å². The van der Waals surface area contributed by atoms with Gasteiger partial charge in [0.2, 0.25) is 0 Å². The van der Waals surface area contributed by atoms with Gasteiger partial charge in [-0.05, 0) is 25.1 Å². The summed E-state index contributed by atoms with van der Waals surface area (Å²) >= 11 is 0. The highest BCUT2D eigenvalue weighted by Gasteiger charge is 2.29. The second-order valence-corrected chi connectivity index (χ2v) is 5.27. The second kappa shape index (κ2) is 7.61. The molecule has 1 N–H and O–H groups in total. The van der Waals surface area contributed by atoms with E-state index in [9.17, 15) is 9.59 Å². The Morgan fingerprint density at radius 1 is 1.57 bits per heavy atom. The third-order valence-electron chi connectivity index (χ3n) is 3.48. The lowest BCUT2D eigenvalue weighted by atomic mass is 10.2. The number of aliphatic carboxylic acids is 1. The second-order valence-electron chi connectivity index (χ2n) is 5.27. The third kappa shape index (κ3) is 4.69. The van der Waals surface area contributed by atoms with Gasteiger partial charge in [0.1, 0.15) is 5.75 Å². The van der Waals surface area contributed by atoms with E-state index in [2.05, 4.69) is 0 Å². The average molecular weight is 318 g/mol. The Hall–Kier alpha value is -2.59. The lowest BCUT2D eigenvalue weighted by Crippen LogP contribution is -2.50. The molecule has 2 rings (SSSR count). The molecular formula is C16H18N2O5. The van der Waals surface area contributed by atoms with Crippen LogP contribution in [-0.4, -0.2) is 53.8 Å². The van der Waals surface area contributed by atoms with Crippen LogP contribution in [-0.2, 0) is 14.3 Å². The van der Waals surface area contributed by atoms with E-state index in [0.717, 1.165) is 0 Å². The molecule has 0 saturated carbocycles. The van der Waals surface area contributed by atoms with Gasteiger partial charge >= 0.3 is 5.97 Å². The zero-order chi connectivity index (χ0) is 16.8. The molecular weight excluding hydrogens is 300 g/mol. The Morgan fingerprint density at radius 2 is 2.35 bits per heavy atom. The molecule has 0 bridgehead atoms. The Morgan fingerprint density at radius 3 is 3.04 bits per heavy atom. The van der Waals surface area contributed by atoms with Crippen molar-refractivity contribution in [2.24, 2.45) is 0 Å². The van der Waals surface area contributed by atoms with Gasteiger partial charge in [-0.25, -0.2) is 0 Å². The lowest BCUT2D eigenvalue weighted by Gasteiger charge is -2.33. The van der Waals surface area contributed by atoms with E-state index >= 15 is 0 Å². The minimum absolute atomic E-state index is 0.136. The highest BCUT2D eigenvalue weighted by molar-refractivity contribution is 5.81. The largest absolute Gasteiger partial charge is 0.481 e. The molecule has 0 unspecified atom stereocenters. The van der Waals surface area contributed by atoms with Gasteiger partial charge in [0.05, 0.1) is 30.8 Å². The molecule has 0 aromatic heterocycles. The normalized spacial score (nSPS) is 18.8. The SMILES string of the molecule is C[C@H](Oc1cccc(C#N)c1)C(=O)N1CCO[C@H](CC(=O)O)C1. The van der Waals surface area contributed by atoms with E-state index in [-0.39, 0.29) is 18.9 Å². The Bertz CT molecular complexity index is 625. The number of carbonyl (C=O) groups is 2. The summed E-state index contributed by atoms with van der Waals surface area (Å²) < 4.78 is 10.9. The van der Waals surface area contributed by atoms with Crippen LogP contribution in [0.5, 0.6) is 5.75 Å². The van der Waals surface area contributed by atoms with Crippen LogP contribution in [0.15, 0.2) is 24.3 Å². The van der Waals surface area contributed by atoms with Gasteiger partial charge in [0, 0.05) is 13.1 Å². The summed E-state index contributed by atoms with van der Waals surface area (Å²) in [4.78, 5) is 24.7. The molecule has 1 fully saturated rings. The highest BCUT2D eigenvalue weighted by Crippen LogP contribution is 2.16. The number of hydrogen-bond donors (Lipinski definition) is 1. The van der Waals surface area contributed by atoms with Gasteiger partial charge in [0.15, 0.2) is 6.10 Å². The summed E-state index contributed by atoms with van der Waals surface area (Å²) in [6.45, 7) is 2.57. The predicted molar refractivity (Wildman–Crippen MR) is 79.8 cm³/mol. The summed E-state index contributed by atoms with van der Waals surface area (Å²) in [5, 5.41) is 17.7. The van der Waals surface area contributed by atoms with E-state index in [1.54, 1.807) is 36.1 Å². The fraction of sp³-hybridized carbons (Fsp3) is 0.438. The number of benzene rings is 1. The number of nitrogens with zero attached hydrogens (tertiary/aromatic N) is 2. The first kappa shape index (κ1) is 16.8. The number of amides is 1. The molecule has 7 nitrogen and oxygen atoms in total. The Balaban J connectivity index is 1.96. The van der Waals surface area contributed by atoms with Crippen molar-refractivity contribution in [2.45, 2.75) is 25.6 Å². The number of carbonyl (C=O) groups excluding carboxylic acids is 1. The summed E-state index contributed by atoms with van der Waals surface area (Å²) in [5.74, 6) is -0.742. The van der Waals surface area contributed by atoms with Crippen molar-refractivity contribution in [3.05, 3.63) is 29.8 Å². The van der Waals surface area contributed by atoms with Gasteiger partial charge in [-0.1, -0.05) is 6.07 Å². The van der Waals surface area contributed by atoms with E-state index < -0.39 is 18.2 Å². The standard InChI is InChI=1S/C16H18N2O5/c1-11(23-13-4-2-3-12(7-13)9-17)16(21)18-5-6-22-14(10-18)8-15(19)20/h2-4,7,11,14H,5-6,8,10H2,1H3,(H,19,20)/t11-,14+/m0/s1. The van der Waals surface area contributed by atoms with Gasteiger partial charge in [-0.15, -0.1) is 0 Å². The molecule has 1 saturated heterocycles. The first-order valence-corrected chi connectivity index (χ1v) is 7.28. The molecule has 1 aromatic carbocycles. The monoisotopic (exact) mass is 318 g/mol. The van der Waals surface area contributed by atoms with Crippen LogP contribution < -0.4 is 4.74 Å². The van der Waals surface area contributed by atoms with Crippen molar-refractivity contribution >= 4 is 11.9 Å². The topological polar surface area (TPSA) is 99.9 Å². The van der Waals surface area contributed by atoms with Crippen molar-refractivity contribution in [2.75, 3.05) is 19.7 Å². The molecule has 122 valence electrons. The lowest BCUT2D eigenvalue weighted by molar-refractivity contribution is -0.151. The zero-order valence-corrected chi connectivity index (χ0v) is 12.8. The van der Waals surface area contributed by atoms with Crippen molar-refractivity contribution in [1.82, 2.24) is 4.90 Å². The minimum atomic E-state index is -0.957. The Kier molecular flexibility index (Phi) is 5.55. The molecule has 0 aliphatic carbocycles. The average Bonchev–Trinajstić information content (AvgIpc) is 2.54. The number of nitriles is 1. The van der Waals surface area contributed by atoms with Crippen LogP contribution in [0.25, 0.3) is 0 Å². The molecule has 2 atom stereocenters. The summed E-state index contributed by atoms with van der Waals surface area (Å²) in [7, 11) is 0. The number of morpholine rings is 1.